The quantitative estimate of drug-likeness (QED) is 0.888. The van der Waals surface area contributed by atoms with E-state index in [1.54, 1.807) is 0 Å². The van der Waals surface area contributed by atoms with E-state index in [1.807, 2.05) is 4.90 Å². The number of piperidine rings is 1. The van der Waals surface area contributed by atoms with Crippen LogP contribution in [0, 0.1) is 5.92 Å². The summed E-state index contributed by atoms with van der Waals surface area (Å²) in [6.07, 6.45) is 3.75. The molecule has 1 aliphatic heterocycles. The van der Waals surface area contributed by atoms with Crippen LogP contribution in [0.15, 0.2) is 24.3 Å². The van der Waals surface area contributed by atoms with Crippen molar-refractivity contribution in [2.45, 2.75) is 58.4 Å². The van der Waals surface area contributed by atoms with Gasteiger partial charge in [-0.05, 0) is 49.1 Å². The molecule has 0 aromatic heterocycles. The maximum absolute atomic E-state index is 12.5. The molecule has 1 fully saturated rings. The number of carbonyl (C=O) groups excluding carboxylic acids is 1. The zero-order valence-corrected chi connectivity index (χ0v) is 15.4. The van der Waals surface area contributed by atoms with Crippen LogP contribution in [0.25, 0.3) is 0 Å². The molecule has 1 amide bonds. The second-order valence-corrected chi connectivity index (χ2v) is 6.78. The third-order valence-electron chi connectivity index (χ3n) is 5.07. The lowest BCUT2D eigenvalue weighted by Gasteiger charge is -2.34. The van der Waals surface area contributed by atoms with Crippen molar-refractivity contribution in [1.82, 2.24) is 4.90 Å². The number of likely N-dealkylation sites (tertiary alicyclic amines) is 1. The standard InChI is InChI=1S/C19H30N2O.ClH/c1-4-16-5-7-17(8-6-16)14(2)13-19(22)21-11-9-18(10-12-21)15(3)20;/h5-8,14-15,18H,4,9-13,20H2,1-3H3;1H. The van der Waals surface area contributed by atoms with Gasteiger partial charge in [-0.3, -0.25) is 4.79 Å². The van der Waals surface area contributed by atoms with Gasteiger partial charge in [0.25, 0.3) is 0 Å². The Kier molecular flexibility index (Phi) is 8.07. The minimum absolute atomic E-state index is 0. The third kappa shape index (κ3) is 5.50. The Hall–Kier alpha value is -1.06. The molecule has 0 radical (unpaired) electrons. The van der Waals surface area contributed by atoms with Gasteiger partial charge in [-0.25, -0.2) is 0 Å². The second kappa shape index (κ2) is 9.29. The molecular weight excluding hydrogens is 308 g/mol. The average Bonchev–Trinajstić information content (AvgIpc) is 2.54. The average molecular weight is 339 g/mol. The highest BCUT2D eigenvalue weighted by molar-refractivity contribution is 5.85. The minimum atomic E-state index is 0. The van der Waals surface area contributed by atoms with Crippen LogP contribution in [0.3, 0.4) is 0 Å². The highest BCUT2D eigenvalue weighted by atomic mass is 35.5. The largest absolute Gasteiger partial charge is 0.343 e. The van der Waals surface area contributed by atoms with E-state index in [4.69, 9.17) is 5.73 Å². The Balaban J connectivity index is 0.00000264. The lowest BCUT2D eigenvalue weighted by atomic mass is 9.90. The summed E-state index contributed by atoms with van der Waals surface area (Å²) in [4.78, 5) is 14.5. The van der Waals surface area contributed by atoms with Gasteiger partial charge in [0.15, 0.2) is 0 Å². The first-order valence-corrected chi connectivity index (χ1v) is 8.63. The van der Waals surface area contributed by atoms with E-state index >= 15 is 0 Å². The van der Waals surface area contributed by atoms with Crippen molar-refractivity contribution in [1.29, 1.82) is 0 Å². The van der Waals surface area contributed by atoms with E-state index < -0.39 is 0 Å². The number of hydrogen-bond donors (Lipinski definition) is 1. The SMILES string of the molecule is CCc1ccc(C(C)CC(=O)N2CCC(C(C)N)CC2)cc1.Cl. The maximum atomic E-state index is 12.5. The number of nitrogens with two attached hydrogens (primary N) is 1. The molecule has 23 heavy (non-hydrogen) atoms. The number of halogens is 1. The van der Waals surface area contributed by atoms with Crippen LogP contribution in [-0.2, 0) is 11.2 Å². The molecule has 0 spiro atoms. The summed E-state index contributed by atoms with van der Waals surface area (Å²) in [6.45, 7) is 8.12. The summed E-state index contributed by atoms with van der Waals surface area (Å²) in [5.41, 5.74) is 8.57. The van der Waals surface area contributed by atoms with Crippen LogP contribution in [0.5, 0.6) is 0 Å². The number of rotatable bonds is 5. The molecule has 1 heterocycles. The van der Waals surface area contributed by atoms with Crippen molar-refractivity contribution in [3.63, 3.8) is 0 Å². The predicted molar refractivity (Wildman–Crippen MR) is 99.1 cm³/mol. The zero-order chi connectivity index (χ0) is 16.1. The van der Waals surface area contributed by atoms with Crippen molar-refractivity contribution in [3.05, 3.63) is 35.4 Å². The monoisotopic (exact) mass is 338 g/mol. The fourth-order valence-electron chi connectivity index (χ4n) is 3.27. The number of amides is 1. The van der Waals surface area contributed by atoms with Gasteiger partial charge >= 0.3 is 0 Å². The molecule has 0 saturated carbocycles. The number of benzene rings is 1. The smallest absolute Gasteiger partial charge is 0.223 e. The van der Waals surface area contributed by atoms with E-state index in [2.05, 4.69) is 45.0 Å². The van der Waals surface area contributed by atoms with Crippen LogP contribution < -0.4 is 5.73 Å². The van der Waals surface area contributed by atoms with Gasteiger partial charge in [0, 0.05) is 25.6 Å². The number of nitrogens with zero attached hydrogens (tertiary/aromatic N) is 1. The third-order valence-corrected chi connectivity index (χ3v) is 5.07. The normalized spacial score (nSPS) is 18.2. The number of aryl methyl sites for hydroxylation is 1. The molecule has 0 aliphatic carbocycles. The van der Waals surface area contributed by atoms with Crippen LogP contribution in [0.1, 0.15) is 57.1 Å². The summed E-state index contributed by atoms with van der Waals surface area (Å²) in [5, 5.41) is 0. The first-order chi connectivity index (χ1) is 10.5. The maximum Gasteiger partial charge on any atom is 0.223 e. The molecule has 4 heteroatoms. The topological polar surface area (TPSA) is 46.3 Å². The highest BCUT2D eigenvalue weighted by Gasteiger charge is 2.25. The van der Waals surface area contributed by atoms with Crippen molar-refractivity contribution in [2.24, 2.45) is 11.7 Å². The Morgan fingerprint density at radius 1 is 1.22 bits per heavy atom. The molecular formula is C19H31ClN2O. The summed E-state index contributed by atoms with van der Waals surface area (Å²) in [6, 6.07) is 8.92. The first kappa shape index (κ1) is 20.0. The number of hydrogen-bond acceptors (Lipinski definition) is 2. The second-order valence-electron chi connectivity index (χ2n) is 6.78. The summed E-state index contributed by atoms with van der Waals surface area (Å²) in [5.74, 6) is 1.14. The van der Waals surface area contributed by atoms with Crippen molar-refractivity contribution < 1.29 is 4.79 Å². The molecule has 1 aromatic rings. The Bertz CT molecular complexity index is 479. The molecule has 2 rings (SSSR count). The van der Waals surface area contributed by atoms with Gasteiger partial charge in [0.1, 0.15) is 0 Å². The van der Waals surface area contributed by atoms with Crippen molar-refractivity contribution >= 4 is 18.3 Å². The van der Waals surface area contributed by atoms with E-state index in [0.29, 0.717) is 12.3 Å². The zero-order valence-electron chi connectivity index (χ0n) is 14.6. The molecule has 1 aromatic carbocycles. The molecule has 2 atom stereocenters. The fraction of sp³-hybridized carbons (Fsp3) is 0.632. The molecule has 0 bridgehead atoms. The van der Waals surface area contributed by atoms with Gasteiger partial charge in [-0.2, -0.15) is 0 Å². The lowest BCUT2D eigenvalue weighted by molar-refractivity contribution is -0.133. The molecule has 2 N–H and O–H groups in total. The molecule has 1 aliphatic rings. The molecule has 3 nitrogen and oxygen atoms in total. The number of carbonyl (C=O) groups is 1. The van der Waals surface area contributed by atoms with E-state index in [9.17, 15) is 4.79 Å². The van der Waals surface area contributed by atoms with Crippen LogP contribution >= 0.6 is 12.4 Å². The molecule has 130 valence electrons. The van der Waals surface area contributed by atoms with E-state index in [1.165, 1.54) is 11.1 Å². The van der Waals surface area contributed by atoms with Crippen LogP contribution in [0.2, 0.25) is 0 Å². The summed E-state index contributed by atoms with van der Waals surface area (Å²) < 4.78 is 0. The lowest BCUT2D eigenvalue weighted by Crippen LogP contribution is -2.42. The van der Waals surface area contributed by atoms with E-state index in [-0.39, 0.29) is 30.3 Å². The van der Waals surface area contributed by atoms with Gasteiger partial charge in [-0.1, -0.05) is 38.1 Å². The first-order valence-electron chi connectivity index (χ1n) is 8.63. The highest BCUT2D eigenvalue weighted by Crippen LogP contribution is 2.24. The van der Waals surface area contributed by atoms with Gasteiger partial charge in [-0.15, -0.1) is 12.4 Å². The van der Waals surface area contributed by atoms with Crippen LogP contribution in [-0.4, -0.2) is 29.9 Å². The fourth-order valence-corrected chi connectivity index (χ4v) is 3.27. The van der Waals surface area contributed by atoms with Gasteiger partial charge < -0.3 is 10.6 Å². The van der Waals surface area contributed by atoms with Crippen molar-refractivity contribution in [2.75, 3.05) is 13.1 Å². The van der Waals surface area contributed by atoms with Crippen molar-refractivity contribution in [3.8, 4) is 0 Å². The molecule has 2 unspecified atom stereocenters. The Morgan fingerprint density at radius 2 is 1.78 bits per heavy atom. The van der Waals surface area contributed by atoms with Gasteiger partial charge in [0.05, 0.1) is 0 Å². The molecule has 1 saturated heterocycles. The summed E-state index contributed by atoms with van der Waals surface area (Å²) in [7, 11) is 0. The van der Waals surface area contributed by atoms with Gasteiger partial charge in [0.2, 0.25) is 5.91 Å². The van der Waals surface area contributed by atoms with E-state index in [0.717, 1.165) is 32.4 Å². The summed E-state index contributed by atoms with van der Waals surface area (Å²) >= 11 is 0. The minimum Gasteiger partial charge on any atom is -0.343 e. The Labute approximate surface area is 147 Å². The predicted octanol–water partition coefficient (Wildman–Crippen LogP) is 3.75. The Morgan fingerprint density at radius 3 is 2.26 bits per heavy atom. The van der Waals surface area contributed by atoms with Crippen LogP contribution in [0.4, 0.5) is 0 Å².